The van der Waals surface area contributed by atoms with Gasteiger partial charge in [-0.05, 0) is 13.3 Å². The van der Waals surface area contributed by atoms with Crippen LogP contribution in [0.5, 0.6) is 0 Å². The maximum atomic E-state index is 10.5. The highest BCUT2D eigenvalue weighted by Crippen LogP contribution is 2.16. The van der Waals surface area contributed by atoms with Crippen LogP contribution in [0.25, 0.3) is 0 Å². The monoisotopic (exact) mass is 215 g/mol. The summed E-state index contributed by atoms with van der Waals surface area (Å²) < 4.78 is 0. The highest BCUT2D eigenvalue weighted by Gasteiger charge is 2.12. The number of nitrogens with zero attached hydrogens (tertiary/aromatic N) is 2. The number of carbonyl (C=O) groups is 1. The molecule has 14 heavy (non-hydrogen) atoms. The van der Waals surface area contributed by atoms with Gasteiger partial charge in [0.05, 0.1) is 6.42 Å². The summed E-state index contributed by atoms with van der Waals surface area (Å²) in [5, 5.41) is 21.0. The standard InChI is InChI=1S/C8H13N3O2S/c1-3-6(4-7(12)13)9-8-11-10-5(2)14-8/h6H,3-4H2,1-2H3,(H,9,11)(H,12,13). The molecular formula is C8H13N3O2S. The van der Waals surface area contributed by atoms with Crippen LogP contribution in [-0.4, -0.2) is 27.3 Å². The van der Waals surface area contributed by atoms with Crippen molar-refractivity contribution in [3.05, 3.63) is 5.01 Å². The lowest BCUT2D eigenvalue weighted by atomic mass is 10.1. The fourth-order valence-corrected chi connectivity index (χ4v) is 1.71. The van der Waals surface area contributed by atoms with Crippen molar-refractivity contribution in [1.29, 1.82) is 0 Å². The van der Waals surface area contributed by atoms with E-state index in [0.717, 1.165) is 11.4 Å². The van der Waals surface area contributed by atoms with Gasteiger partial charge in [-0.25, -0.2) is 0 Å². The highest BCUT2D eigenvalue weighted by molar-refractivity contribution is 7.15. The van der Waals surface area contributed by atoms with Crippen LogP contribution in [0.3, 0.4) is 0 Å². The number of carboxylic acid groups (broad SMARTS) is 1. The summed E-state index contributed by atoms with van der Waals surface area (Å²) in [6.07, 6.45) is 0.861. The Labute approximate surface area is 86.2 Å². The molecule has 0 saturated carbocycles. The van der Waals surface area contributed by atoms with Gasteiger partial charge in [0.2, 0.25) is 5.13 Å². The Bertz CT molecular complexity index is 313. The number of aromatic nitrogens is 2. The second kappa shape index (κ2) is 4.90. The molecule has 0 aliphatic carbocycles. The molecule has 1 aromatic rings. The fourth-order valence-electron chi connectivity index (χ4n) is 1.04. The average Bonchev–Trinajstić information content (AvgIpc) is 2.49. The van der Waals surface area contributed by atoms with Crippen molar-refractivity contribution in [2.75, 3.05) is 5.32 Å². The van der Waals surface area contributed by atoms with Gasteiger partial charge in [-0.1, -0.05) is 18.3 Å². The van der Waals surface area contributed by atoms with E-state index in [-0.39, 0.29) is 12.5 Å². The molecule has 0 aliphatic rings. The van der Waals surface area contributed by atoms with E-state index in [1.54, 1.807) is 0 Å². The highest BCUT2D eigenvalue weighted by atomic mass is 32.1. The number of hydrogen-bond acceptors (Lipinski definition) is 5. The zero-order valence-electron chi connectivity index (χ0n) is 8.15. The Hall–Kier alpha value is -1.17. The largest absolute Gasteiger partial charge is 0.481 e. The van der Waals surface area contributed by atoms with Crippen molar-refractivity contribution in [3.8, 4) is 0 Å². The van der Waals surface area contributed by atoms with Crippen LogP contribution < -0.4 is 5.32 Å². The van der Waals surface area contributed by atoms with Crippen molar-refractivity contribution in [1.82, 2.24) is 10.2 Å². The molecule has 2 N–H and O–H groups in total. The van der Waals surface area contributed by atoms with Crippen LogP contribution in [0.2, 0.25) is 0 Å². The summed E-state index contributed by atoms with van der Waals surface area (Å²) in [4.78, 5) is 10.5. The third kappa shape index (κ3) is 3.29. The summed E-state index contributed by atoms with van der Waals surface area (Å²) in [5.41, 5.74) is 0. The van der Waals surface area contributed by atoms with Crippen LogP contribution in [-0.2, 0) is 4.79 Å². The molecule has 5 nitrogen and oxygen atoms in total. The first-order valence-electron chi connectivity index (χ1n) is 4.40. The normalized spacial score (nSPS) is 12.4. The van der Waals surface area contributed by atoms with Crippen LogP contribution in [0.15, 0.2) is 0 Å². The van der Waals surface area contributed by atoms with Crippen molar-refractivity contribution in [3.63, 3.8) is 0 Å². The molecular weight excluding hydrogens is 202 g/mol. The summed E-state index contributed by atoms with van der Waals surface area (Å²) in [7, 11) is 0. The predicted molar refractivity (Wildman–Crippen MR) is 54.6 cm³/mol. The molecule has 0 aliphatic heterocycles. The Morgan fingerprint density at radius 2 is 2.36 bits per heavy atom. The maximum Gasteiger partial charge on any atom is 0.305 e. The minimum absolute atomic E-state index is 0.0696. The average molecular weight is 215 g/mol. The number of nitrogens with one attached hydrogen (secondary N) is 1. The van der Waals surface area contributed by atoms with E-state index < -0.39 is 5.97 Å². The third-order valence-electron chi connectivity index (χ3n) is 1.77. The van der Waals surface area contributed by atoms with Crippen molar-refractivity contribution >= 4 is 22.4 Å². The Morgan fingerprint density at radius 3 is 2.79 bits per heavy atom. The van der Waals surface area contributed by atoms with E-state index >= 15 is 0 Å². The minimum atomic E-state index is -0.800. The second-order valence-electron chi connectivity index (χ2n) is 2.97. The number of aryl methyl sites for hydroxylation is 1. The molecule has 0 aromatic carbocycles. The molecule has 1 unspecified atom stereocenters. The second-order valence-corrected chi connectivity index (χ2v) is 4.16. The summed E-state index contributed by atoms with van der Waals surface area (Å²) in [5.74, 6) is -0.800. The molecule has 1 atom stereocenters. The van der Waals surface area contributed by atoms with Crippen molar-refractivity contribution < 1.29 is 9.90 Å². The Balaban J connectivity index is 2.52. The van der Waals surface area contributed by atoms with Gasteiger partial charge < -0.3 is 10.4 Å². The summed E-state index contributed by atoms with van der Waals surface area (Å²) in [6, 6.07) is -0.0696. The molecule has 1 heterocycles. The SMILES string of the molecule is CCC(CC(=O)O)Nc1nnc(C)s1. The van der Waals surface area contributed by atoms with Crippen LogP contribution in [0, 0.1) is 6.92 Å². The zero-order chi connectivity index (χ0) is 10.6. The van der Waals surface area contributed by atoms with E-state index in [2.05, 4.69) is 15.5 Å². The molecule has 1 rings (SSSR count). The van der Waals surface area contributed by atoms with Crippen molar-refractivity contribution in [2.45, 2.75) is 32.7 Å². The first-order valence-corrected chi connectivity index (χ1v) is 5.22. The zero-order valence-corrected chi connectivity index (χ0v) is 8.97. The molecule has 0 fully saturated rings. The topological polar surface area (TPSA) is 75.1 Å². The number of aliphatic carboxylic acids is 1. The molecule has 0 radical (unpaired) electrons. The fraction of sp³-hybridized carbons (Fsp3) is 0.625. The first kappa shape index (κ1) is 10.9. The maximum absolute atomic E-state index is 10.5. The molecule has 0 saturated heterocycles. The number of anilines is 1. The number of hydrogen-bond donors (Lipinski definition) is 2. The van der Waals surface area contributed by atoms with E-state index in [0.29, 0.717) is 5.13 Å². The lowest BCUT2D eigenvalue weighted by Gasteiger charge is -2.12. The van der Waals surface area contributed by atoms with Crippen LogP contribution in [0.1, 0.15) is 24.8 Å². The van der Waals surface area contributed by atoms with Crippen LogP contribution >= 0.6 is 11.3 Å². The van der Waals surface area contributed by atoms with Gasteiger partial charge in [0.15, 0.2) is 0 Å². The molecule has 78 valence electrons. The predicted octanol–water partition coefficient (Wildman–Crippen LogP) is 1.51. The lowest BCUT2D eigenvalue weighted by Crippen LogP contribution is -2.22. The van der Waals surface area contributed by atoms with Gasteiger partial charge in [-0.15, -0.1) is 10.2 Å². The van der Waals surface area contributed by atoms with E-state index in [1.165, 1.54) is 11.3 Å². The van der Waals surface area contributed by atoms with Gasteiger partial charge in [0.25, 0.3) is 0 Å². The molecule has 6 heteroatoms. The first-order chi connectivity index (χ1) is 6.61. The van der Waals surface area contributed by atoms with E-state index in [1.807, 2.05) is 13.8 Å². The van der Waals surface area contributed by atoms with Gasteiger partial charge in [0, 0.05) is 6.04 Å². The van der Waals surface area contributed by atoms with Gasteiger partial charge in [0.1, 0.15) is 5.01 Å². The summed E-state index contributed by atoms with van der Waals surface area (Å²) >= 11 is 1.43. The van der Waals surface area contributed by atoms with Gasteiger partial charge >= 0.3 is 5.97 Å². The number of carboxylic acids is 1. The molecule has 0 amide bonds. The van der Waals surface area contributed by atoms with E-state index in [4.69, 9.17) is 5.11 Å². The van der Waals surface area contributed by atoms with Crippen molar-refractivity contribution in [2.24, 2.45) is 0 Å². The Morgan fingerprint density at radius 1 is 1.64 bits per heavy atom. The van der Waals surface area contributed by atoms with Crippen LogP contribution in [0.4, 0.5) is 5.13 Å². The third-order valence-corrected chi connectivity index (χ3v) is 2.54. The minimum Gasteiger partial charge on any atom is -0.481 e. The number of rotatable bonds is 5. The van der Waals surface area contributed by atoms with E-state index in [9.17, 15) is 4.79 Å². The van der Waals surface area contributed by atoms with Gasteiger partial charge in [-0.2, -0.15) is 0 Å². The molecule has 0 bridgehead atoms. The summed E-state index contributed by atoms with van der Waals surface area (Å²) in [6.45, 7) is 3.80. The molecule has 1 aromatic heterocycles. The Kier molecular flexibility index (Phi) is 3.82. The quantitative estimate of drug-likeness (QED) is 0.778. The molecule has 0 spiro atoms. The smallest absolute Gasteiger partial charge is 0.305 e. The van der Waals surface area contributed by atoms with Gasteiger partial charge in [-0.3, -0.25) is 4.79 Å². The lowest BCUT2D eigenvalue weighted by molar-refractivity contribution is -0.137.